The van der Waals surface area contributed by atoms with Crippen LogP contribution in [0, 0.1) is 0 Å². The average Bonchev–Trinajstić information content (AvgIpc) is 2.58. The van der Waals surface area contributed by atoms with Crippen LogP contribution >= 0.6 is 11.6 Å². The van der Waals surface area contributed by atoms with Crippen LogP contribution in [0.25, 0.3) is 0 Å². The Morgan fingerprint density at radius 3 is 1.88 bits per heavy atom. The Labute approximate surface area is 161 Å². The van der Waals surface area contributed by atoms with Gasteiger partial charge in [0.1, 0.15) is 5.75 Å². The van der Waals surface area contributed by atoms with E-state index in [0.29, 0.717) is 5.02 Å². The number of unbranched alkanes of at least 4 members (excludes halogenated alkanes) is 10. The average molecular weight is 385 g/mol. The molecule has 0 saturated heterocycles. The van der Waals surface area contributed by atoms with Gasteiger partial charge in [0.2, 0.25) is 0 Å². The highest BCUT2D eigenvalue weighted by Gasteiger charge is 2.27. The van der Waals surface area contributed by atoms with E-state index in [4.69, 9.17) is 20.5 Å². The molecular weight excluding hydrogens is 348 g/mol. The molecule has 0 unspecified atom stereocenters. The molecule has 0 N–H and O–H groups in total. The number of hydrogen-bond acceptors (Lipinski definition) is 2. The van der Waals surface area contributed by atoms with Crippen molar-refractivity contribution in [2.75, 3.05) is 6.61 Å². The molecule has 0 bridgehead atoms. The van der Waals surface area contributed by atoms with Gasteiger partial charge in [-0.2, -0.15) is 0 Å². The predicted octanol–water partition coefficient (Wildman–Crippen LogP) is 7.75. The predicted molar refractivity (Wildman–Crippen MR) is 112 cm³/mol. The standard InChI is InChI=1S/C21H37ClO2Si/c1-4-5-6-7-8-9-10-11-12-13-16-19-23-25(2,3)24-21-18-15-14-17-20(21)22/h14-15,17-18H,4-13,16,19H2,1-3H3. The Morgan fingerprint density at radius 2 is 1.32 bits per heavy atom. The van der Waals surface area contributed by atoms with Crippen molar-refractivity contribution in [1.82, 2.24) is 0 Å². The molecule has 0 aromatic heterocycles. The fourth-order valence-corrected chi connectivity index (χ4v) is 4.55. The summed E-state index contributed by atoms with van der Waals surface area (Å²) in [6.07, 6.45) is 14.9. The molecule has 0 radical (unpaired) electrons. The van der Waals surface area contributed by atoms with Gasteiger partial charge < -0.3 is 8.85 Å². The van der Waals surface area contributed by atoms with Gasteiger partial charge in [0.25, 0.3) is 0 Å². The molecule has 0 heterocycles. The van der Waals surface area contributed by atoms with E-state index in [2.05, 4.69) is 20.0 Å². The zero-order valence-corrected chi connectivity index (χ0v) is 18.2. The summed E-state index contributed by atoms with van der Waals surface area (Å²) in [6, 6.07) is 7.61. The van der Waals surface area contributed by atoms with Crippen molar-refractivity contribution in [1.29, 1.82) is 0 Å². The van der Waals surface area contributed by atoms with E-state index < -0.39 is 8.56 Å². The van der Waals surface area contributed by atoms with Gasteiger partial charge in [-0.1, -0.05) is 94.9 Å². The van der Waals surface area contributed by atoms with E-state index in [9.17, 15) is 0 Å². The monoisotopic (exact) mass is 384 g/mol. The molecule has 25 heavy (non-hydrogen) atoms. The molecule has 0 amide bonds. The topological polar surface area (TPSA) is 18.5 Å². The van der Waals surface area contributed by atoms with Gasteiger partial charge in [0, 0.05) is 6.61 Å². The van der Waals surface area contributed by atoms with E-state index >= 15 is 0 Å². The minimum Gasteiger partial charge on any atom is -0.519 e. The van der Waals surface area contributed by atoms with E-state index in [1.54, 1.807) is 0 Å². The first-order valence-electron chi connectivity index (χ1n) is 10.1. The summed E-state index contributed by atoms with van der Waals surface area (Å²) in [5.74, 6) is 0.736. The summed E-state index contributed by atoms with van der Waals surface area (Å²) in [4.78, 5) is 0. The summed E-state index contributed by atoms with van der Waals surface area (Å²) >= 11 is 6.15. The summed E-state index contributed by atoms with van der Waals surface area (Å²) in [5.41, 5.74) is 0. The zero-order valence-electron chi connectivity index (χ0n) is 16.5. The van der Waals surface area contributed by atoms with Gasteiger partial charge in [-0.3, -0.25) is 0 Å². The highest BCUT2D eigenvalue weighted by molar-refractivity contribution is 6.65. The van der Waals surface area contributed by atoms with E-state index in [0.717, 1.165) is 18.8 Å². The zero-order chi connectivity index (χ0) is 18.4. The largest absolute Gasteiger partial charge is 0.519 e. The van der Waals surface area contributed by atoms with Crippen molar-refractivity contribution in [2.45, 2.75) is 90.6 Å². The van der Waals surface area contributed by atoms with E-state index in [1.165, 1.54) is 64.2 Å². The fourth-order valence-electron chi connectivity index (χ4n) is 2.91. The Morgan fingerprint density at radius 1 is 0.800 bits per heavy atom. The minimum absolute atomic E-state index is 0.654. The number of rotatable bonds is 15. The first kappa shape index (κ1) is 22.5. The summed E-state index contributed by atoms with van der Waals surface area (Å²) in [7, 11) is -2.16. The quantitative estimate of drug-likeness (QED) is 0.227. The van der Waals surface area contributed by atoms with Crippen molar-refractivity contribution in [2.24, 2.45) is 0 Å². The van der Waals surface area contributed by atoms with Gasteiger partial charge in [0.05, 0.1) is 5.02 Å². The third kappa shape index (κ3) is 11.7. The highest BCUT2D eigenvalue weighted by Crippen LogP contribution is 2.26. The molecule has 0 aliphatic heterocycles. The molecule has 1 aromatic carbocycles. The number of halogens is 1. The second kappa shape index (κ2) is 13.7. The van der Waals surface area contributed by atoms with Crippen molar-refractivity contribution in [3.05, 3.63) is 29.3 Å². The van der Waals surface area contributed by atoms with Crippen LogP contribution in [-0.4, -0.2) is 15.2 Å². The lowest BCUT2D eigenvalue weighted by molar-refractivity contribution is 0.241. The SMILES string of the molecule is CCCCCCCCCCCCCO[Si](C)(C)Oc1ccccc1Cl. The van der Waals surface area contributed by atoms with Crippen LogP contribution in [0.1, 0.15) is 77.6 Å². The van der Waals surface area contributed by atoms with Gasteiger partial charge in [-0.25, -0.2) is 0 Å². The molecule has 0 spiro atoms. The molecule has 0 aliphatic carbocycles. The van der Waals surface area contributed by atoms with Gasteiger partial charge in [-0.15, -0.1) is 0 Å². The highest BCUT2D eigenvalue weighted by atomic mass is 35.5. The second-order valence-electron chi connectivity index (χ2n) is 7.32. The first-order valence-corrected chi connectivity index (χ1v) is 13.3. The molecular formula is C21H37ClO2Si. The lowest BCUT2D eigenvalue weighted by Gasteiger charge is -2.24. The van der Waals surface area contributed by atoms with Crippen LogP contribution in [0.3, 0.4) is 0 Å². The molecule has 4 heteroatoms. The third-order valence-corrected chi connectivity index (χ3v) is 6.31. The molecule has 1 aromatic rings. The Kier molecular flexibility index (Phi) is 12.3. The maximum absolute atomic E-state index is 6.15. The molecule has 0 atom stereocenters. The Balaban J connectivity index is 1.99. The Bertz CT molecular complexity index is 451. The summed E-state index contributed by atoms with van der Waals surface area (Å²) in [5, 5.41) is 0.654. The molecule has 0 aliphatic rings. The molecule has 144 valence electrons. The van der Waals surface area contributed by atoms with Crippen LogP contribution in [0.15, 0.2) is 24.3 Å². The molecule has 2 nitrogen and oxygen atoms in total. The summed E-state index contributed by atoms with van der Waals surface area (Å²) < 4.78 is 12.0. The van der Waals surface area contributed by atoms with E-state index in [-0.39, 0.29) is 0 Å². The summed E-state index contributed by atoms with van der Waals surface area (Å²) in [6.45, 7) is 7.22. The number of para-hydroxylation sites is 1. The van der Waals surface area contributed by atoms with Crippen molar-refractivity contribution in [3.63, 3.8) is 0 Å². The van der Waals surface area contributed by atoms with Gasteiger partial charge in [0.15, 0.2) is 0 Å². The molecule has 1 rings (SSSR count). The molecule has 0 fully saturated rings. The number of benzene rings is 1. The van der Waals surface area contributed by atoms with Crippen molar-refractivity contribution >= 4 is 20.2 Å². The van der Waals surface area contributed by atoms with Crippen LogP contribution < -0.4 is 4.43 Å². The first-order chi connectivity index (χ1) is 12.0. The van der Waals surface area contributed by atoms with E-state index in [1.807, 2.05) is 24.3 Å². The van der Waals surface area contributed by atoms with Crippen LogP contribution in [0.5, 0.6) is 5.75 Å². The fraction of sp³-hybridized carbons (Fsp3) is 0.714. The number of hydrogen-bond donors (Lipinski definition) is 0. The Hall–Kier alpha value is -0.513. The maximum Gasteiger partial charge on any atom is 0.392 e. The normalized spacial score (nSPS) is 11.7. The van der Waals surface area contributed by atoms with Crippen molar-refractivity contribution in [3.8, 4) is 5.75 Å². The maximum atomic E-state index is 6.15. The van der Waals surface area contributed by atoms with Crippen molar-refractivity contribution < 1.29 is 8.85 Å². The van der Waals surface area contributed by atoms with Gasteiger partial charge >= 0.3 is 8.56 Å². The molecule has 0 saturated carbocycles. The lowest BCUT2D eigenvalue weighted by Crippen LogP contribution is -2.38. The van der Waals surface area contributed by atoms with Crippen LogP contribution in [0.4, 0.5) is 0 Å². The second-order valence-corrected chi connectivity index (χ2v) is 11.0. The lowest BCUT2D eigenvalue weighted by atomic mass is 10.1. The van der Waals surface area contributed by atoms with Crippen LogP contribution in [0.2, 0.25) is 18.1 Å². The smallest absolute Gasteiger partial charge is 0.392 e. The third-order valence-electron chi connectivity index (χ3n) is 4.39. The van der Waals surface area contributed by atoms with Crippen LogP contribution in [-0.2, 0) is 4.43 Å². The minimum atomic E-state index is -2.16. The van der Waals surface area contributed by atoms with Gasteiger partial charge in [-0.05, 0) is 31.6 Å².